The second-order valence-electron chi connectivity index (χ2n) is 5.84. The Morgan fingerprint density at radius 2 is 2.24 bits per heavy atom. The maximum atomic E-state index is 5.80. The smallest absolute Gasteiger partial charge is 0.226 e. The van der Waals surface area contributed by atoms with Crippen LogP contribution in [-0.2, 0) is 13.0 Å². The van der Waals surface area contributed by atoms with E-state index < -0.39 is 0 Å². The normalized spacial score (nSPS) is 19.7. The number of nitrogens with zero attached hydrogens (tertiary/aromatic N) is 4. The monoisotopic (exact) mass is 290 g/mol. The van der Waals surface area contributed by atoms with Crippen molar-refractivity contribution in [1.29, 1.82) is 0 Å². The quantitative estimate of drug-likeness (QED) is 0.843. The van der Waals surface area contributed by atoms with Gasteiger partial charge in [-0.05, 0) is 19.4 Å². The molecule has 6 heteroatoms. The molecule has 0 aliphatic carbocycles. The molecule has 1 fully saturated rings. The van der Waals surface area contributed by atoms with Crippen LogP contribution in [0.15, 0.2) is 15.1 Å². The average Bonchev–Trinajstić information content (AvgIpc) is 3.18. The van der Waals surface area contributed by atoms with Crippen LogP contribution < -0.4 is 0 Å². The first-order valence-electron chi connectivity index (χ1n) is 7.68. The van der Waals surface area contributed by atoms with Crippen molar-refractivity contribution in [2.45, 2.75) is 58.5 Å². The van der Waals surface area contributed by atoms with Gasteiger partial charge in [-0.15, -0.1) is 0 Å². The molecule has 0 amide bonds. The fraction of sp³-hybridized carbons (Fsp3) is 0.667. The van der Waals surface area contributed by atoms with E-state index in [1.807, 2.05) is 13.1 Å². The molecule has 0 N–H and O–H groups in total. The molecule has 2 aromatic rings. The van der Waals surface area contributed by atoms with E-state index in [4.69, 9.17) is 8.94 Å². The Labute approximate surface area is 124 Å². The first-order valence-corrected chi connectivity index (χ1v) is 7.68. The van der Waals surface area contributed by atoms with Crippen LogP contribution in [0, 0.1) is 0 Å². The Morgan fingerprint density at radius 1 is 1.38 bits per heavy atom. The van der Waals surface area contributed by atoms with Crippen LogP contribution in [0.1, 0.15) is 68.9 Å². The third-order valence-corrected chi connectivity index (χ3v) is 3.93. The summed E-state index contributed by atoms with van der Waals surface area (Å²) in [6, 6.07) is 0.212. The summed E-state index contributed by atoms with van der Waals surface area (Å²) in [6.45, 7) is 7.94. The lowest BCUT2D eigenvalue weighted by Gasteiger charge is -2.19. The van der Waals surface area contributed by atoms with Gasteiger partial charge in [0, 0.05) is 12.3 Å². The number of likely N-dealkylation sites (tertiary alicyclic amines) is 1. The Morgan fingerprint density at radius 3 is 2.90 bits per heavy atom. The van der Waals surface area contributed by atoms with Crippen molar-refractivity contribution in [3.8, 4) is 0 Å². The zero-order chi connectivity index (χ0) is 14.8. The van der Waals surface area contributed by atoms with E-state index in [2.05, 4.69) is 33.9 Å². The van der Waals surface area contributed by atoms with Crippen LogP contribution in [0.2, 0.25) is 0 Å². The van der Waals surface area contributed by atoms with Gasteiger partial charge in [0.25, 0.3) is 0 Å². The lowest BCUT2D eigenvalue weighted by atomic mass is 10.2. The van der Waals surface area contributed by atoms with Crippen molar-refractivity contribution in [3.63, 3.8) is 0 Å². The van der Waals surface area contributed by atoms with E-state index in [9.17, 15) is 0 Å². The number of rotatable bonds is 5. The molecule has 0 saturated carbocycles. The minimum Gasteiger partial charge on any atom is -0.444 e. The zero-order valence-corrected chi connectivity index (χ0v) is 12.9. The second-order valence-corrected chi connectivity index (χ2v) is 5.84. The van der Waals surface area contributed by atoms with E-state index in [1.165, 1.54) is 0 Å². The summed E-state index contributed by atoms with van der Waals surface area (Å²) in [5.41, 5.74) is 0. The minimum atomic E-state index is 0.212. The SMILES string of the molecule is CCc1nc(C2CCCN2Cc2ncc(C(C)C)o2)no1. The van der Waals surface area contributed by atoms with Crippen LogP contribution >= 0.6 is 0 Å². The Balaban J connectivity index is 1.71. The van der Waals surface area contributed by atoms with Crippen molar-refractivity contribution in [1.82, 2.24) is 20.0 Å². The summed E-state index contributed by atoms with van der Waals surface area (Å²) < 4.78 is 11.0. The molecule has 3 heterocycles. The van der Waals surface area contributed by atoms with Gasteiger partial charge in [0.15, 0.2) is 5.82 Å². The third-order valence-electron chi connectivity index (χ3n) is 3.93. The van der Waals surface area contributed by atoms with Crippen molar-refractivity contribution in [2.75, 3.05) is 6.54 Å². The summed E-state index contributed by atoms with van der Waals surface area (Å²) in [6.07, 6.45) is 4.80. The van der Waals surface area contributed by atoms with Gasteiger partial charge in [-0.25, -0.2) is 4.98 Å². The van der Waals surface area contributed by atoms with Crippen molar-refractivity contribution in [3.05, 3.63) is 29.6 Å². The van der Waals surface area contributed by atoms with Crippen LogP contribution in [0.5, 0.6) is 0 Å². The number of hydrogen-bond acceptors (Lipinski definition) is 6. The van der Waals surface area contributed by atoms with Crippen molar-refractivity contribution in [2.24, 2.45) is 0 Å². The second kappa shape index (κ2) is 5.97. The Bertz CT molecular complexity index is 590. The van der Waals surface area contributed by atoms with Crippen molar-refractivity contribution >= 4 is 0 Å². The van der Waals surface area contributed by atoms with Gasteiger partial charge in [0.05, 0.1) is 18.8 Å². The molecule has 0 radical (unpaired) electrons. The van der Waals surface area contributed by atoms with Crippen molar-refractivity contribution < 1.29 is 8.94 Å². The van der Waals surface area contributed by atoms with Crippen LogP contribution in [0.3, 0.4) is 0 Å². The highest BCUT2D eigenvalue weighted by Gasteiger charge is 2.30. The topological polar surface area (TPSA) is 68.2 Å². The minimum absolute atomic E-state index is 0.212. The molecule has 1 aliphatic heterocycles. The lowest BCUT2D eigenvalue weighted by molar-refractivity contribution is 0.210. The fourth-order valence-electron chi connectivity index (χ4n) is 2.69. The maximum absolute atomic E-state index is 5.80. The number of aryl methyl sites for hydroxylation is 1. The standard InChI is InChI=1S/C15H22N4O2/c1-4-13-17-15(18-21-13)11-6-5-7-19(11)9-14-16-8-12(20-14)10(2)3/h8,10-11H,4-7,9H2,1-3H3. The molecule has 1 saturated heterocycles. The summed E-state index contributed by atoms with van der Waals surface area (Å²) in [4.78, 5) is 11.2. The molecule has 1 aliphatic rings. The van der Waals surface area contributed by atoms with E-state index in [1.54, 1.807) is 0 Å². The molecule has 0 spiro atoms. The summed E-state index contributed by atoms with van der Waals surface area (Å²) in [5.74, 6) is 3.57. The summed E-state index contributed by atoms with van der Waals surface area (Å²) >= 11 is 0. The fourth-order valence-corrected chi connectivity index (χ4v) is 2.69. The van der Waals surface area contributed by atoms with E-state index in [0.717, 1.165) is 43.3 Å². The first-order chi connectivity index (χ1) is 10.2. The molecule has 1 unspecified atom stereocenters. The average molecular weight is 290 g/mol. The Hall–Kier alpha value is -1.69. The van der Waals surface area contributed by atoms with Gasteiger partial charge in [0.2, 0.25) is 11.8 Å². The van der Waals surface area contributed by atoms with E-state index >= 15 is 0 Å². The molecule has 0 aromatic carbocycles. The molecule has 6 nitrogen and oxygen atoms in total. The van der Waals surface area contributed by atoms with Crippen LogP contribution in [0.25, 0.3) is 0 Å². The van der Waals surface area contributed by atoms with Gasteiger partial charge in [-0.1, -0.05) is 25.9 Å². The zero-order valence-electron chi connectivity index (χ0n) is 12.9. The Kier molecular flexibility index (Phi) is 4.05. The first kappa shape index (κ1) is 14.3. The van der Waals surface area contributed by atoms with E-state index in [0.29, 0.717) is 18.4 Å². The van der Waals surface area contributed by atoms with E-state index in [-0.39, 0.29) is 6.04 Å². The lowest BCUT2D eigenvalue weighted by Crippen LogP contribution is -2.23. The molecular formula is C15H22N4O2. The summed E-state index contributed by atoms with van der Waals surface area (Å²) in [7, 11) is 0. The highest BCUT2D eigenvalue weighted by Crippen LogP contribution is 2.31. The third kappa shape index (κ3) is 3.00. The number of aromatic nitrogens is 3. The number of hydrogen-bond donors (Lipinski definition) is 0. The number of oxazole rings is 1. The van der Waals surface area contributed by atoms with Gasteiger partial charge in [-0.2, -0.15) is 4.98 Å². The van der Waals surface area contributed by atoms with Crippen LogP contribution in [0.4, 0.5) is 0 Å². The van der Waals surface area contributed by atoms with Gasteiger partial charge in [-0.3, -0.25) is 4.90 Å². The predicted octanol–water partition coefficient (Wildman–Crippen LogP) is 3.08. The molecule has 0 bridgehead atoms. The highest BCUT2D eigenvalue weighted by molar-refractivity contribution is 5.02. The molecule has 21 heavy (non-hydrogen) atoms. The van der Waals surface area contributed by atoms with Gasteiger partial charge < -0.3 is 8.94 Å². The molecule has 114 valence electrons. The predicted molar refractivity (Wildman–Crippen MR) is 76.7 cm³/mol. The van der Waals surface area contributed by atoms with Crippen LogP contribution in [-0.4, -0.2) is 26.6 Å². The largest absolute Gasteiger partial charge is 0.444 e. The molecule has 3 rings (SSSR count). The molecule has 1 atom stereocenters. The van der Waals surface area contributed by atoms with Gasteiger partial charge >= 0.3 is 0 Å². The molecular weight excluding hydrogens is 268 g/mol. The highest BCUT2D eigenvalue weighted by atomic mass is 16.5. The maximum Gasteiger partial charge on any atom is 0.226 e. The van der Waals surface area contributed by atoms with Gasteiger partial charge in [0.1, 0.15) is 5.76 Å². The summed E-state index contributed by atoms with van der Waals surface area (Å²) in [5, 5.41) is 4.12. The molecule has 2 aromatic heterocycles.